The first-order valence-electron chi connectivity index (χ1n) is 14.4. The molecule has 0 saturated carbocycles. The highest BCUT2D eigenvalue weighted by molar-refractivity contribution is 8.01. The average molecular weight is 553 g/mol. The summed E-state index contributed by atoms with van der Waals surface area (Å²) < 4.78 is 2.54. The van der Waals surface area contributed by atoms with E-state index in [0.29, 0.717) is 11.8 Å². The number of thioether (sulfide) groups is 1. The second kappa shape index (κ2) is 9.22. The Hall–Kier alpha value is -4.09. The van der Waals surface area contributed by atoms with Crippen LogP contribution in [-0.2, 0) is 6.42 Å². The molecule has 3 heterocycles. The van der Waals surface area contributed by atoms with Gasteiger partial charge in [-0.05, 0) is 30.9 Å². The molecule has 4 nitrogen and oxygen atoms in total. The molecular formula is C36H32N4S. The molecule has 4 atom stereocenters. The fourth-order valence-electron chi connectivity index (χ4n) is 6.88. The van der Waals surface area contributed by atoms with Gasteiger partial charge in [0, 0.05) is 50.4 Å². The molecule has 0 amide bonds. The van der Waals surface area contributed by atoms with E-state index < -0.39 is 0 Å². The van der Waals surface area contributed by atoms with Crippen LogP contribution in [0.2, 0.25) is 0 Å². The number of aliphatic imine (C=N–C) groups is 2. The Balaban J connectivity index is 1.38. The molecule has 3 aromatic carbocycles. The number of hydrogen-bond acceptors (Lipinski definition) is 4. The number of aromatic nitrogens is 1. The van der Waals surface area contributed by atoms with Crippen molar-refractivity contribution in [3.63, 3.8) is 0 Å². The predicted octanol–water partition coefficient (Wildman–Crippen LogP) is 8.22. The Kier molecular flexibility index (Phi) is 5.55. The van der Waals surface area contributed by atoms with Crippen molar-refractivity contribution in [1.82, 2.24) is 9.47 Å². The summed E-state index contributed by atoms with van der Waals surface area (Å²) in [5, 5.41) is 1.37. The Labute approximate surface area is 245 Å². The molecule has 4 aliphatic rings. The molecule has 4 aromatic rings. The highest BCUT2D eigenvalue weighted by Crippen LogP contribution is 2.59. The lowest BCUT2D eigenvalue weighted by Gasteiger charge is -2.35. The Morgan fingerprint density at radius 1 is 0.902 bits per heavy atom. The summed E-state index contributed by atoms with van der Waals surface area (Å²) >= 11 is 2.02. The van der Waals surface area contributed by atoms with Gasteiger partial charge in [-0.25, -0.2) is 9.98 Å². The Bertz CT molecular complexity index is 1840. The van der Waals surface area contributed by atoms with Gasteiger partial charge < -0.3 is 9.47 Å². The molecule has 4 unspecified atom stereocenters. The van der Waals surface area contributed by atoms with Gasteiger partial charge in [0.15, 0.2) is 5.84 Å². The lowest BCUT2D eigenvalue weighted by atomic mass is 9.83. The molecule has 0 spiro atoms. The van der Waals surface area contributed by atoms with Crippen LogP contribution < -0.4 is 0 Å². The molecule has 5 heteroatoms. The smallest absolute Gasteiger partial charge is 0.206 e. The Morgan fingerprint density at radius 3 is 2.44 bits per heavy atom. The first kappa shape index (κ1) is 24.7. The molecule has 2 aliphatic heterocycles. The number of nitrogens with zero attached hydrogens (tertiary/aromatic N) is 4. The van der Waals surface area contributed by atoms with Crippen LogP contribution in [0.1, 0.15) is 54.0 Å². The van der Waals surface area contributed by atoms with Crippen molar-refractivity contribution in [3.05, 3.63) is 131 Å². The van der Waals surface area contributed by atoms with Gasteiger partial charge in [0.1, 0.15) is 5.84 Å². The van der Waals surface area contributed by atoms with E-state index in [1.54, 1.807) is 0 Å². The zero-order chi connectivity index (χ0) is 27.7. The lowest BCUT2D eigenvalue weighted by molar-refractivity contribution is 0.283. The number of fused-ring (bicyclic) bond motifs is 7. The van der Waals surface area contributed by atoms with Crippen LogP contribution in [0.5, 0.6) is 0 Å². The fourth-order valence-corrected chi connectivity index (χ4v) is 8.43. The van der Waals surface area contributed by atoms with E-state index in [-0.39, 0.29) is 11.0 Å². The monoisotopic (exact) mass is 552 g/mol. The summed E-state index contributed by atoms with van der Waals surface area (Å²) in [5.41, 5.74) is 7.52. The van der Waals surface area contributed by atoms with Crippen molar-refractivity contribution in [2.24, 2.45) is 15.9 Å². The van der Waals surface area contributed by atoms with E-state index in [2.05, 4.69) is 134 Å². The summed E-state index contributed by atoms with van der Waals surface area (Å²) in [4.78, 5) is 14.2. The third kappa shape index (κ3) is 3.75. The molecule has 0 saturated heterocycles. The Morgan fingerprint density at radius 2 is 1.66 bits per heavy atom. The van der Waals surface area contributed by atoms with Crippen molar-refractivity contribution in [2.45, 2.75) is 42.1 Å². The van der Waals surface area contributed by atoms with Crippen molar-refractivity contribution >= 4 is 40.4 Å². The van der Waals surface area contributed by atoms with Crippen LogP contribution in [0.15, 0.2) is 118 Å². The van der Waals surface area contributed by atoms with Crippen molar-refractivity contribution in [2.75, 3.05) is 7.05 Å². The molecule has 1 aromatic heterocycles. The number of amidine groups is 2. The van der Waals surface area contributed by atoms with Gasteiger partial charge in [-0.3, -0.25) is 0 Å². The van der Waals surface area contributed by atoms with E-state index in [9.17, 15) is 0 Å². The first-order valence-corrected chi connectivity index (χ1v) is 15.3. The molecule has 0 bridgehead atoms. The molecular weight excluding hydrogens is 520 g/mol. The SMILES string of the molecule is CC1C=Cc2c(n(C3N=C(c4ccccc4)N=C(c4ccccc4)N3C)c3ccc4c(c23)SC2(C)C=CC=CC42)C1. The molecule has 0 fully saturated rings. The zero-order valence-electron chi connectivity index (χ0n) is 23.5. The summed E-state index contributed by atoms with van der Waals surface area (Å²) in [7, 11) is 2.13. The van der Waals surface area contributed by atoms with Gasteiger partial charge >= 0.3 is 0 Å². The van der Waals surface area contributed by atoms with Crippen LogP contribution in [0.4, 0.5) is 0 Å². The second-order valence-corrected chi connectivity index (χ2v) is 13.2. The van der Waals surface area contributed by atoms with E-state index in [1.807, 2.05) is 17.8 Å². The van der Waals surface area contributed by atoms with Gasteiger partial charge in [0.2, 0.25) is 6.29 Å². The topological polar surface area (TPSA) is 32.9 Å². The van der Waals surface area contributed by atoms with Crippen molar-refractivity contribution in [1.29, 1.82) is 0 Å². The summed E-state index contributed by atoms with van der Waals surface area (Å²) in [6.07, 6.45) is 14.6. The minimum atomic E-state index is -0.259. The van der Waals surface area contributed by atoms with Gasteiger partial charge in [0.05, 0.1) is 5.52 Å². The normalized spacial score (nSPS) is 26.0. The van der Waals surface area contributed by atoms with Gasteiger partial charge in [-0.15, -0.1) is 11.8 Å². The van der Waals surface area contributed by atoms with E-state index in [0.717, 1.165) is 29.2 Å². The predicted molar refractivity (Wildman–Crippen MR) is 172 cm³/mol. The fraction of sp³-hybridized carbons (Fsp3) is 0.222. The molecule has 8 rings (SSSR count). The van der Waals surface area contributed by atoms with Crippen LogP contribution in [0, 0.1) is 5.92 Å². The van der Waals surface area contributed by atoms with E-state index >= 15 is 0 Å². The number of hydrogen-bond donors (Lipinski definition) is 0. The van der Waals surface area contributed by atoms with Crippen LogP contribution in [0.3, 0.4) is 0 Å². The third-order valence-corrected chi connectivity index (χ3v) is 10.4. The summed E-state index contributed by atoms with van der Waals surface area (Å²) in [5.74, 6) is 2.56. The van der Waals surface area contributed by atoms with Gasteiger partial charge in [0.25, 0.3) is 0 Å². The molecule has 0 radical (unpaired) electrons. The van der Waals surface area contributed by atoms with E-state index in [4.69, 9.17) is 9.98 Å². The quantitative estimate of drug-likeness (QED) is 0.257. The van der Waals surface area contributed by atoms with Crippen molar-refractivity contribution < 1.29 is 0 Å². The van der Waals surface area contributed by atoms with Crippen molar-refractivity contribution in [3.8, 4) is 0 Å². The van der Waals surface area contributed by atoms with Gasteiger partial charge in [-0.1, -0.05) is 110 Å². The van der Waals surface area contributed by atoms with Crippen LogP contribution >= 0.6 is 11.8 Å². The first-order chi connectivity index (χ1) is 20.0. The van der Waals surface area contributed by atoms with Gasteiger partial charge in [-0.2, -0.15) is 0 Å². The standard InChI is InChI=1S/C36H32N4S/c1-23-17-18-27-30(22-23)40(29-20-19-26-28-16-10-11-21-36(28,2)41-32(26)31(27)29)35-38-33(24-12-6-4-7-13-24)37-34(39(35)3)25-14-8-5-9-15-25/h4-21,23,28,35H,22H2,1-3H3. The summed E-state index contributed by atoms with van der Waals surface area (Å²) in [6, 6.07) is 25.6. The molecule has 202 valence electrons. The minimum Gasteiger partial charge on any atom is -0.320 e. The maximum Gasteiger partial charge on any atom is 0.206 e. The van der Waals surface area contributed by atoms with Crippen LogP contribution in [0.25, 0.3) is 17.0 Å². The summed E-state index contributed by atoms with van der Waals surface area (Å²) in [6.45, 7) is 4.69. The third-order valence-electron chi connectivity index (χ3n) is 8.94. The molecule has 41 heavy (non-hydrogen) atoms. The molecule has 2 aliphatic carbocycles. The maximum atomic E-state index is 5.38. The van der Waals surface area contributed by atoms with E-state index in [1.165, 1.54) is 32.6 Å². The zero-order valence-corrected chi connectivity index (χ0v) is 24.3. The largest absolute Gasteiger partial charge is 0.320 e. The maximum absolute atomic E-state index is 5.38. The number of rotatable bonds is 3. The highest BCUT2D eigenvalue weighted by Gasteiger charge is 2.43. The number of allylic oxidation sites excluding steroid dienone is 4. The van der Waals surface area contributed by atoms with Crippen LogP contribution in [-0.4, -0.2) is 32.9 Å². The second-order valence-electron chi connectivity index (χ2n) is 11.7. The lowest BCUT2D eigenvalue weighted by Crippen LogP contribution is -2.39. The average Bonchev–Trinajstić information content (AvgIpc) is 3.49. The number of benzene rings is 3. The minimum absolute atomic E-state index is 0.0411. The molecule has 0 N–H and O–H groups in total. The highest BCUT2D eigenvalue weighted by atomic mass is 32.2.